The fraction of sp³-hybridized carbons (Fsp3) is 0.381. The maximum atomic E-state index is 14.2. The summed E-state index contributed by atoms with van der Waals surface area (Å²) in [6.07, 6.45) is 3.46. The van der Waals surface area contributed by atoms with E-state index >= 15 is 0 Å². The van der Waals surface area contributed by atoms with Crippen LogP contribution in [0.15, 0.2) is 18.3 Å². The van der Waals surface area contributed by atoms with Crippen molar-refractivity contribution in [2.24, 2.45) is 11.7 Å². The van der Waals surface area contributed by atoms with E-state index < -0.39 is 11.7 Å². The Morgan fingerprint density at radius 3 is 2.74 bits per heavy atom. The molecule has 3 N–H and O–H groups in total. The molecule has 1 aromatic carbocycles. The number of nitrogens with one attached hydrogen (secondary N) is 1. The van der Waals surface area contributed by atoms with E-state index in [0.717, 1.165) is 6.07 Å². The number of amides is 2. The highest BCUT2D eigenvalue weighted by Gasteiger charge is 2.36. The van der Waals surface area contributed by atoms with Gasteiger partial charge in [-0.05, 0) is 44.4 Å². The van der Waals surface area contributed by atoms with Gasteiger partial charge < -0.3 is 16.0 Å². The van der Waals surface area contributed by atoms with E-state index in [1.807, 2.05) is 18.9 Å². The van der Waals surface area contributed by atoms with Crippen LogP contribution < -0.4 is 20.9 Å². The molecule has 31 heavy (non-hydrogen) atoms. The third-order valence-electron chi connectivity index (χ3n) is 5.51. The number of nitrogens with zero attached hydrogens (tertiary/aromatic N) is 5. The van der Waals surface area contributed by atoms with E-state index in [1.54, 1.807) is 13.1 Å². The lowest BCUT2D eigenvalue weighted by molar-refractivity contribution is -0.108. The molecule has 9 nitrogen and oxygen atoms in total. The maximum absolute atomic E-state index is 14.2. The van der Waals surface area contributed by atoms with E-state index in [2.05, 4.69) is 21.4 Å². The number of nitriles is 1. The number of carbonyl (C=O) groups excluding carboxylic acids is 2. The Hall–Kier alpha value is -3.74. The minimum absolute atomic E-state index is 0.0753. The molecule has 2 aromatic rings. The predicted molar refractivity (Wildman–Crippen MR) is 115 cm³/mol. The van der Waals surface area contributed by atoms with E-state index in [0.29, 0.717) is 48.6 Å². The molecule has 0 atom stereocenters. The molecule has 0 bridgehead atoms. The number of benzene rings is 1. The lowest BCUT2D eigenvalue weighted by Gasteiger charge is -2.38. The van der Waals surface area contributed by atoms with Crippen LogP contribution in [0, 0.1) is 30.0 Å². The SMILES string of the molecule is CCN(C)c1cnc(Nc2cc(F)c(C(N)=O)cc2C)nc1N(C=O)C1CC(C#N)C1. The highest BCUT2D eigenvalue weighted by Crippen LogP contribution is 2.37. The van der Waals surface area contributed by atoms with Crippen LogP contribution in [0.1, 0.15) is 35.7 Å². The summed E-state index contributed by atoms with van der Waals surface area (Å²) in [5, 5.41) is 12.0. The van der Waals surface area contributed by atoms with Crippen molar-refractivity contribution in [3.05, 3.63) is 35.3 Å². The standard InChI is InChI=1S/C21H24FN7O2/c1-4-28(3)18-10-25-21(26-17-8-16(22)15(19(24)31)5-12(17)2)27-20(18)29(11-30)14-6-13(7-14)9-23/h5,8,10-11,13-14H,4,6-7H2,1-3H3,(H2,24,31)(H,25,26,27). The van der Waals surface area contributed by atoms with Crippen LogP contribution in [-0.2, 0) is 4.79 Å². The third-order valence-corrected chi connectivity index (χ3v) is 5.51. The molecule has 0 aliphatic heterocycles. The summed E-state index contributed by atoms with van der Waals surface area (Å²) < 4.78 is 14.2. The molecule has 3 rings (SSSR count). The second kappa shape index (κ2) is 8.95. The van der Waals surface area contributed by atoms with Gasteiger partial charge >= 0.3 is 0 Å². The van der Waals surface area contributed by atoms with E-state index in [4.69, 9.17) is 11.0 Å². The number of carbonyl (C=O) groups is 2. The largest absolute Gasteiger partial charge is 0.371 e. The Bertz CT molecular complexity index is 1050. The molecule has 0 spiro atoms. The van der Waals surface area contributed by atoms with Gasteiger partial charge in [0.05, 0.1) is 29.4 Å². The zero-order valence-electron chi connectivity index (χ0n) is 17.6. The van der Waals surface area contributed by atoms with Gasteiger partial charge in [-0.3, -0.25) is 14.5 Å². The molecule has 162 valence electrons. The zero-order chi connectivity index (χ0) is 22.7. The van der Waals surface area contributed by atoms with Gasteiger partial charge in [-0.25, -0.2) is 9.37 Å². The average molecular weight is 425 g/mol. The second-order valence-electron chi connectivity index (χ2n) is 7.52. The summed E-state index contributed by atoms with van der Waals surface area (Å²) in [7, 11) is 1.86. The van der Waals surface area contributed by atoms with Crippen molar-refractivity contribution in [3.8, 4) is 6.07 Å². The Balaban J connectivity index is 1.97. The molecule has 1 aliphatic carbocycles. The Morgan fingerprint density at radius 1 is 1.45 bits per heavy atom. The maximum Gasteiger partial charge on any atom is 0.251 e. The minimum atomic E-state index is -0.851. The zero-order valence-corrected chi connectivity index (χ0v) is 17.6. The number of aromatic nitrogens is 2. The van der Waals surface area contributed by atoms with Crippen LogP contribution >= 0.6 is 0 Å². The molecule has 1 heterocycles. The fourth-order valence-corrected chi connectivity index (χ4v) is 3.41. The van der Waals surface area contributed by atoms with Crippen LogP contribution in [0.25, 0.3) is 0 Å². The third kappa shape index (κ3) is 4.40. The summed E-state index contributed by atoms with van der Waals surface area (Å²) in [6.45, 7) is 4.32. The van der Waals surface area contributed by atoms with E-state index in [1.165, 1.54) is 11.0 Å². The highest BCUT2D eigenvalue weighted by molar-refractivity contribution is 5.94. The number of halogens is 1. The van der Waals surface area contributed by atoms with Crippen LogP contribution in [0.2, 0.25) is 0 Å². The van der Waals surface area contributed by atoms with Crippen molar-refractivity contribution in [2.75, 3.05) is 28.7 Å². The van der Waals surface area contributed by atoms with Gasteiger partial charge in [-0.1, -0.05) is 0 Å². The number of rotatable bonds is 8. The molecule has 1 saturated carbocycles. The summed E-state index contributed by atoms with van der Waals surface area (Å²) >= 11 is 0. The summed E-state index contributed by atoms with van der Waals surface area (Å²) in [5.74, 6) is -1.11. The van der Waals surface area contributed by atoms with Crippen molar-refractivity contribution < 1.29 is 14.0 Å². The lowest BCUT2D eigenvalue weighted by Crippen LogP contribution is -2.44. The van der Waals surface area contributed by atoms with Gasteiger partial charge in [0.25, 0.3) is 5.91 Å². The van der Waals surface area contributed by atoms with E-state index in [-0.39, 0.29) is 23.5 Å². The fourth-order valence-electron chi connectivity index (χ4n) is 3.41. The Labute approximate surface area is 179 Å². The number of hydrogen-bond acceptors (Lipinski definition) is 7. The highest BCUT2D eigenvalue weighted by atomic mass is 19.1. The molecule has 0 unspecified atom stereocenters. The molecule has 1 fully saturated rings. The minimum Gasteiger partial charge on any atom is -0.371 e. The first kappa shape index (κ1) is 22.0. The molecule has 10 heteroatoms. The first-order valence-corrected chi connectivity index (χ1v) is 9.87. The number of anilines is 4. The van der Waals surface area contributed by atoms with Gasteiger partial charge in [0.1, 0.15) is 5.82 Å². The monoisotopic (exact) mass is 425 g/mol. The van der Waals surface area contributed by atoms with Gasteiger partial charge in [-0.2, -0.15) is 10.2 Å². The van der Waals surface area contributed by atoms with Gasteiger partial charge in [0, 0.05) is 25.3 Å². The molecule has 1 aliphatic rings. The summed E-state index contributed by atoms with van der Waals surface area (Å²) in [5.41, 5.74) is 6.60. The number of nitrogens with two attached hydrogens (primary N) is 1. The van der Waals surface area contributed by atoms with Gasteiger partial charge in [-0.15, -0.1) is 0 Å². The summed E-state index contributed by atoms with van der Waals surface area (Å²) in [6, 6.07) is 4.60. The Morgan fingerprint density at radius 2 is 2.16 bits per heavy atom. The van der Waals surface area contributed by atoms with Crippen molar-refractivity contribution in [1.29, 1.82) is 5.26 Å². The van der Waals surface area contributed by atoms with Crippen LogP contribution in [0.4, 0.5) is 27.5 Å². The van der Waals surface area contributed by atoms with Crippen molar-refractivity contribution in [1.82, 2.24) is 9.97 Å². The first-order valence-electron chi connectivity index (χ1n) is 9.87. The molecule has 2 amide bonds. The van der Waals surface area contributed by atoms with Crippen molar-refractivity contribution in [3.63, 3.8) is 0 Å². The topological polar surface area (TPSA) is 128 Å². The predicted octanol–water partition coefficient (Wildman–Crippen LogP) is 2.49. The second-order valence-corrected chi connectivity index (χ2v) is 7.52. The smallest absolute Gasteiger partial charge is 0.251 e. The number of hydrogen-bond donors (Lipinski definition) is 2. The van der Waals surface area contributed by atoms with Crippen LogP contribution in [0.3, 0.4) is 0 Å². The normalized spacial score (nSPS) is 17.3. The molecule has 1 aromatic heterocycles. The molecule has 0 saturated heterocycles. The number of primary amides is 1. The first-order chi connectivity index (χ1) is 14.8. The van der Waals surface area contributed by atoms with Crippen molar-refractivity contribution >= 4 is 35.5 Å². The summed E-state index contributed by atoms with van der Waals surface area (Å²) in [4.78, 5) is 35.5. The van der Waals surface area contributed by atoms with E-state index in [9.17, 15) is 14.0 Å². The van der Waals surface area contributed by atoms with Crippen LogP contribution in [0.5, 0.6) is 0 Å². The van der Waals surface area contributed by atoms with Gasteiger partial charge in [0.15, 0.2) is 5.82 Å². The lowest BCUT2D eigenvalue weighted by atomic mass is 9.80. The molecular formula is C21H24FN7O2. The van der Waals surface area contributed by atoms with Crippen molar-refractivity contribution in [2.45, 2.75) is 32.7 Å². The van der Waals surface area contributed by atoms with Gasteiger partial charge in [0.2, 0.25) is 12.4 Å². The number of aryl methyl sites for hydroxylation is 1. The van der Waals surface area contributed by atoms with Crippen LogP contribution in [-0.4, -0.2) is 41.9 Å². The molecular weight excluding hydrogens is 401 g/mol. The average Bonchev–Trinajstić information content (AvgIpc) is 2.71. The molecule has 0 radical (unpaired) electrons. The quantitative estimate of drug-likeness (QED) is 0.622. The Kier molecular flexibility index (Phi) is 6.34.